The van der Waals surface area contributed by atoms with E-state index in [1.807, 2.05) is 37.1 Å². The molecule has 4 rings (SSSR count). The molecular weight excluding hydrogens is 366 g/mol. The minimum Gasteiger partial charge on any atom is -0.356 e. The number of amides is 3. The summed E-state index contributed by atoms with van der Waals surface area (Å²) in [6.07, 6.45) is 6.53. The van der Waals surface area contributed by atoms with Gasteiger partial charge in [0, 0.05) is 43.2 Å². The van der Waals surface area contributed by atoms with Crippen molar-refractivity contribution in [2.75, 3.05) is 18.9 Å². The molecule has 6 nitrogen and oxygen atoms in total. The lowest BCUT2D eigenvalue weighted by atomic mass is 9.89. The van der Waals surface area contributed by atoms with E-state index in [4.69, 9.17) is 0 Å². The van der Waals surface area contributed by atoms with Crippen molar-refractivity contribution < 1.29 is 14.4 Å². The zero-order valence-electron chi connectivity index (χ0n) is 17.4. The van der Waals surface area contributed by atoms with Gasteiger partial charge in [-0.25, -0.2) is 0 Å². The minimum atomic E-state index is -0.0238. The summed E-state index contributed by atoms with van der Waals surface area (Å²) in [5.74, 6) is 1.11. The van der Waals surface area contributed by atoms with Crippen LogP contribution in [-0.2, 0) is 9.59 Å². The van der Waals surface area contributed by atoms with E-state index in [9.17, 15) is 14.4 Å². The topological polar surface area (TPSA) is 78.5 Å². The molecule has 3 amide bonds. The Hall–Kier alpha value is -2.37. The molecule has 2 N–H and O–H groups in total. The molecule has 3 atom stereocenters. The lowest BCUT2D eigenvalue weighted by Crippen LogP contribution is -2.38. The van der Waals surface area contributed by atoms with Crippen LogP contribution in [0.3, 0.4) is 0 Å². The van der Waals surface area contributed by atoms with Crippen LogP contribution in [0, 0.1) is 24.7 Å². The fraction of sp³-hybridized carbons (Fsp3) is 0.609. The number of benzene rings is 1. The van der Waals surface area contributed by atoms with Crippen molar-refractivity contribution in [3.8, 4) is 0 Å². The van der Waals surface area contributed by atoms with Gasteiger partial charge in [-0.3, -0.25) is 14.4 Å². The number of fused-ring (bicyclic) bond motifs is 1. The molecule has 3 fully saturated rings. The van der Waals surface area contributed by atoms with E-state index >= 15 is 0 Å². The Morgan fingerprint density at radius 1 is 1.14 bits per heavy atom. The van der Waals surface area contributed by atoms with Gasteiger partial charge in [0.05, 0.1) is 0 Å². The van der Waals surface area contributed by atoms with Crippen molar-refractivity contribution in [1.29, 1.82) is 0 Å². The Labute approximate surface area is 172 Å². The Balaban J connectivity index is 1.44. The van der Waals surface area contributed by atoms with Gasteiger partial charge in [-0.05, 0) is 62.1 Å². The Morgan fingerprint density at radius 2 is 1.86 bits per heavy atom. The van der Waals surface area contributed by atoms with E-state index in [2.05, 4.69) is 10.6 Å². The standard InChI is InChI=1S/C23H31N3O3/c1-14-7-8-16(11-20(14)25-22(28)15-5-3-4-6-15)23(29)26(2)19-9-17-12-21(27)24-13-18(17)10-19/h7-8,11,15,17-19H,3-6,9-10,12-13H2,1-2H3,(H,24,27)(H,25,28)/t17-,18+,19-/m1/s1. The maximum atomic E-state index is 13.1. The van der Waals surface area contributed by atoms with Gasteiger partial charge in [-0.1, -0.05) is 18.9 Å². The Kier molecular flexibility index (Phi) is 5.61. The van der Waals surface area contributed by atoms with Gasteiger partial charge >= 0.3 is 0 Å². The lowest BCUT2D eigenvalue weighted by Gasteiger charge is -2.25. The van der Waals surface area contributed by atoms with E-state index in [0.29, 0.717) is 23.8 Å². The van der Waals surface area contributed by atoms with Crippen LogP contribution in [0.5, 0.6) is 0 Å². The lowest BCUT2D eigenvalue weighted by molar-refractivity contribution is -0.124. The summed E-state index contributed by atoms with van der Waals surface area (Å²) in [4.78, 5) is 39.2. The van der Waals surface area contributed by atoms with Gasteiger partial charge in [-0.2, -0.15) is 0 Å². The number of rotatable bonds is 4. The SMILES string of the molecule is Cc1ccc(C(=O)N(C)[C@H]2C[C@H]3CNC(=O)C[C@H]3C2)cc1NC(=O)C1CCCC1. The smallest absolute Gasteiger partial charge is 0.253 e. The van der Waals surface area contributed by atoms with Crippen molar-refractivity contribution in [3.63, 3.8) is 0 Å². The molecular formula is C23H31N3O3. The molecule has 1 aromatic rings. The second-order valence-electron chi connectivity index (χ2n) is 9.07. The molecule has 1 saturated heterocycles. The second-order valence-corrected chi connectivity index (χ2v) is 9.07. The molecule has 6 heteroatoms. The molecule has 156 valence electrons. The van der Waals surface area contributed by atoms with Crippen LogP contribution in [0.2, 0.25) is 0 Å². The molecule has 0 radical (unpaired) electrons. The first-order valence-corrected chi connectivity index (χ1v) is 10.9. The van der Waals surface area contributed by atoms with E-state index in [0.717, 1.165) is 56.3 Å². The largest absolute Gasteiger partial charge is 0.356 e. The summed E-state index contributed by atoms with van der Waals surface area (Å²) in [5, 5.41) is 5.99. The number of carbonyl (C=O) groups excluding carboxylic acids is 3. The Bertz CT molecular complexity index is 816. The third-order valence-electron chi connectivity index (χ3n) is 7.16. The normalized spacial score (nSPS) is 26.7. The molecule has 0 aromatic heterocycles. The highest BCUT2D eigenvalue weighted by Crippen LogP contribution is 2.38. The zero-order chi connectivity index (χ0) is 20.5. The summed E-state index contributed by atoms with van der Waals surface area (Å²) >= 11 is 0. The molecule has 1 aliphatic heterocycles. The molecule has 3 aliphatic rings. The number of hydrogen-bond acceptors (Lipinski definition) is 3. The number of nitrogens with zero attached hydrogens (tertiary/aromatic N) is 1. The molecule has 0 spiro atoms. The van der Waals surface area contributed by atoms with Crippen LogP contribution in [0.25, 0.3) is 0 Å². The van der Waals surface area contributed by atoms with Crippen molar-refractivity contribution in [2.24, 2.45) is 17.8 Å². The van der Waals surface area contributed by atoms with Crippen LogP contribution < -0.4 is 10.6 Å². The van der Waals surface area contributed by atoms with E-state index in [1.54, 1.807) is 0 Å². The average molecular weight is 398 g/mol. The molecule has 1 heterocycles. The fourth-order valence-corrected chi connectivity index (χ4v) is 5.23. The first-order chi connectivity index (χ1) is 13.9. The summed E-state index contributed by atoms with van der Waals surface area (Å²) in [6, 6.07) is 5.71. The van der Waals surface area contributed by atoms with Crippen molar-refractivity contribution in [2.45, 2.75) is 57.9 Å². The van der Waals surface area contributed by atoms with Crippen molar-refractivity contribution in [1.82, 2.24) is 10.2 Å². The molecule has 0 bridgehead atoms. The van der Waals surface area contributed by atoms with Crippen LogP contribution >= 0.6 is 0 Å². The summed E-state index contributed by atoms with van der Waals surface area (Å²) in [5.41, 5.74) is 2.30. The third-order valence-corrected chi connectivity index (χ3v) is 7.16. The quantitative estimate of drug-likeness (QED) is 0.819. The zero-order valence-corrected chi connectivity index (χ0v) is 17.4. The number of anilines is 1. The average Bonchev–Trinajstić information content (AvgIpc) is 3.38. The fourth-order valence-electron chi connectivity index (χ4n) is 5.23. The van der Waals surface area contributed by atoms with Crippen molar-refractivity contribution in [3.05, 3.63) is 29.3 Å². The van der Waals surface area contributed by atoms with E-state index in [-0.39, 0.29) is 29.7 Å². The monoisotopic (exact) mass is 397 g/mol. The Morgan fingerprint density at radius 3 is 2.62 bits per heavy atom. The van der Waals surface area contributed by atoms with Crippen LogP contribution in [0.4, 0.5) is 5.69 Å². The summed E-state index contributed by atoms with van der Waals surface area (Å²) in [7, 11) is 1.86. The third kappa shape index (κ3) is 4.16. The predicted octanol–water partition coefficient (Wildman–Crippen LogP) is 3.11. The maximum absolute atomic E-state index is 13.1. The van der Waals surface area contributed by atoms with Crippen molar-refractivity contribution >= 4 is 23.4 Å². The summed E-state index contributed by atoms with van der Waals surface area (Å²) < 4.78 is 0. The first-order valence-electron chi connectivity index (χ1n) is 10.9. The molecule has 2 aliphatic carbocycles. The molecule has 29 heavy (non-hydrogen) atoms. The van der Waals surface area contributed by atoms with Gasteiger partial charge in [0.15, 0.2) is 0 Å². The van der Waals surface area contributed by atoms with Gasteiger partial charge < -0.3 is 15.5 Å². The molecule has 0 unspecified atom stereocenters. The first kappa shape index (κ1) is 19.9. The van der Waals surface area contributed by atoms with E-state index in [1.165, 1.54) is 0 Å². The number of aryl methyl sites for hydroxylation is 1. The highest BCUT2D eigenvalue weighted by Gasteiger charge is 2.40. The highest BCUT2D eigenvalue weighted by atomic mass is 16.2. The molecule has 2 saturated carbocycles. The minimum absolute atomic E-state index is 0.0238. The second kappa shape index (κ2) is 8.17. The van der Waals surface area contributed by atoms with E-state index < -0.39 is 0 Å². The van der Waals surface area contributed by atoms with Crippen LogP contribution in [-0.4, -0.2) is 42.3 Å². The predicted molar refractivity (Wildman–Crippen MR) is 111 cm³/mol. The van der Waals surface area contributed by atoms with Gasteiger partial charge in [0.2, 0.25) is 11.8 Å². The number of hydrogen-bond donors (Lipinski definition) is 2. The van der Waals surface area contributed by atoms with Crippen LogP contribution in [0.15, 0.2) is 18.2 Å². The van der Waals surface area contributed by atoms with Gasteiger partial charge in [0.25, 0.3) is 5.91 Å². The highest BCUT2D eigenvalue weighted by molar-refractivity contribution is 5.98. The van der Waals surface area contributed by atoms with Gasteiger partial charge in [0.1, 0.15) is 0 Å². The number of nitrogens with one attached hydrogen (secondary N) is 2. The maximum Gasteiger partial charge on any atom is 0.253 e. The van der Waals surface area contributed by atoms with Crippen LogP contribution in [0.1, 0.15) is 60.9 Å². The summed E-state index contributed by atoms with van der Waals surface area (Å²) in [6.45, 7) is 2.68. The molecule has 1 aromatic carbocycles. The number of carbonyl (C=O) groups is 3. The van der Waals surface area contributed by atoms with Gasteiger partial charge in [-0.15, -0.1) is 0 Å². The number of piperidine rings is 1.